The highest BCUT2D eigenvalue weighted by Crippen LogP contribution is 2.24. The predicted octanol–water partition coefficient (Wildman–Crippen LogP) is 1.91. The van der Waals surface area contributed by atoms with E-state index < -0.39 is 6.04 Å². The van der Waals surface area contributed by atoms with Gasteiger partial charge in [0.25, 0.3) is 0 Å². The zero-order valence-electron chi connectivity index (χ0n) is 14.2. The molecule has 5 heteroatoms. The molecule has 0 bridgehead atoms. The van der Waals surface area contributed by atoms with Gasteiger partial charge < -0.3 is 14.5 Å². The van der Waals surface area contributed by atoms with Crippen molar-refractivity contribution in [3.63, 3.8) is 0 Å². The number of piperidine rings is 1. The van der Waals surface area contributed by atoms with Gasteiger partial charge in [0.1, 0.15) is 6.04 Å². The number of nitrogens with zero attached hydrogens (tertiary/aromatic N) is 2. The molecular weight excluding hydrogens is 280 g/mol. The van der Waals surface area contributed by atoms with E-state index in [-0.39, 0.29) is 11.8 Å². The second-order valence-corrected chi connectivity index (χ2v) is 7.07. The summed E-state index contributed by atoms with van der Waals surface area (Å²) in [5.74, 6) is 1.36. The summed E-state index contributed by atoms with van der Waals surface area (Å²) >= 11 is 0. The van der Waals surface area contributed by atoms with Gasteiger partial charge in [-0.2, -0.15) is 0 Å². The Labute approximate surface area is 134 Å². The number of likely N-dealkylation sites (tertiary alicyclic amines) is 1. The maximum absolute atomic E-state index is 12.8. The van der Waals surface area contributed by atoms with Gasteiger partial charge in [0, 0.05) is 26.6 Å². The largest absolute Gasteiger partial charge is 0.377 e. The van der Waals surface area contributed by atoms with Crippen LogP contribution in [0.25, 0.3) is 0 Å². The highest BCUT2D eigenvalue weighted by Gasteiger charge is 2.35. The molecular formula is C17H30N2O3. The molecule has 2 rings (SSSR count). The Bertz CT molecular complexity index is 397. The lowest BCUT2D eigenvalue weighted by Gasteiger charge is -2.40. The third-order valence-electron chi connectivity index (χ3n) is 4.80. The Hall–Kier alpha value is -1.10. The highest BCUT2D eigenvalue weighted by molar-refractivity contribution is 5.87. The number of hydrogen-bond acceptors (Lipinski definition) is 3. The Morgan fingerprint density at radius 1 is 1.27 bits per heavy atom. The molecule has 0 N–H and O–H groups in total. The number of amides is 2. The molecule has 0 radical (unpaired) electrons. The van der Waals surface area contributed by atoms with Crippen LogP contribution in [0.5, 0.6) is 0 Å². The smallest absolute Gasteiger partial charge is 0.247 e. The molecule has 22 heavy (non-hydrogen) atoms. The first-order valence-corrected chi connectivity index (χ1v) is 8.62. The predicted molar refractivity (Wildman–Crippen MR) is 85.4 cm³/mol. The molecule has 2 aliphatic heterocycles. The maximum Gasteiger partial charge on any atom is 0.247 e. The Morgan fingerprint density at radius 2 is 2.05 bits per heavy atom. The van der Waals surface area contributed by atoms with Crippen LogP contribution in [0.4, 0.5) is 0 Å². The lowest BCUT2D eigenvalue weighted by Crippen LogP contribution is -2.57. The van der Waals surface area contributed by atoms with E-state index >= 15 is 0 Å². The molecule has 2 heterocycles. The third-order valence-corrected chi connectivity index (χ3v) is 4.80. The van der Waals surface area contributed by atoms with Crippen molar-refractivity contribution in [1.82, 2.24) is 9.80 Å². The minimum atomic E-state index is -0.421. The van der Waals surface area contributed by atoms with Gasteiger partial charge in [0.05, 0.1) is 13.2 Å². The van der Waals surface area contributed by atoms with Crippen LogP contribution < -0.4 is 0 Å². The molecule has 2 fully saturated rings. The summed E-state index contributed by atoms with van der Waals surface area (Å²) in [6, 6.07) is -0.421. The molecule has 0 spiro atoms. The number of rotatable bonds is 4. The van der Waals surface area contributed by atoms with Crippen LogP contribution in [-0.2, 0) is 14.3 Å². The Balaban J connectivity index is 1.94. The minimum absolute atomic E-state index is 0.0324. The van der Waals surface area contributed by atoms with Crippen LogP contribution >= 0.6 is 0 Å². The van der Waals surface area contributed by atoms with Crippen LogP contribution in [0.2, 0.25) is 0 Å². The van der Waals surface area contributed by atoms with Crippen molar-refractivity contribution in [3.8, 4) is 0 Å². The molecule has 2 amide bonds. The summed E-state index contributed by atoms with van der Waals surface area (Å²) < 4.78 is 5.44. The fourth-order valence-corrected chi connectivity index (χ4v) is 3.47. The summed E-state index contributed by atoms with van der Waals surface area (Å²) in [6.07, 6.45) is 4.70. The molecule has 126 valence electrons. The van der Waals surface area contributed by atoms with Crippen molar-refractivity contribution in [2.45, 2.75) is 52.5 Å². The van der Waals surface area contributed by atoms with Gasteiger partial charge in [0.15, 0.2) is 0 Å². The SMILES string of the molecule is CC(=O)N1CCOC[C@H]1C(=O)N1CCC[C@@H](CCC(C)C)C1. The van der Waals surface area contributed by atoms with Gasteiger partial charge in [0.2, 0.25) is 11.8 Å². The summed E-state index contributed by atoms with van der Waals surface area (Å²) in [5.41, 5.74) is 0. The van der Waals surface area contributed by atoms with Crippen molar-refractivity contribution in [2.24, 2.45) is 11.8 Å². The number of carbonyl (C=O) groups excluding carboxylic acids is 2. The van der Waals surface area contributed by atoms with Crippen molar-refractivity contribution in [2.75, 3.05) is 32.8 Å². The zero-order valence-corrected chi connectivity index (χ0v) is 14.2. The van der Waals surface area contributed by atoms with Gasteiger partial charge in [-0.25, -0.2) is 0 Å². The molecule has 0 aromatic carbocycles. The second-order valence-electron chi connectivity index (χ2n) is 7.07. The number of carbonyl (C=O) groups is 2. The first kappa shape index (κ1) is 17.3. The van der Waals surface area contributed by atoms with Crippen LogP contribution in [0, 0.1) is 11.8 Å². The van der Waals surface area contributed by atoms with Crippen LogP contribution in [0.15, 0.2) is 0 Å². The number of morpholine rings is 1. The topological polar surface area (TPSA) is 49.9 Å². The van der Waals surface area contributed by atoms with Crippen molar-refractivity contribution in [1.29, 1.82) is 0 Å². The van der Waals surface area contributed by atoms with E-state index in [4.69, 9.17) is 4.74 Å². The highest BCUT2D eigenvalue weighted by atomic mass is 16.5. The number of hydrogen-bond donors (Lipinski definition) is 0. The monoisotopic (exact) mass is 310 g/mol. The number of ether oxygens (including phenoxy) is 1. The molecule has 0 saturated carbocycles. The standard InChI is InChI=1S/C17H30N2O3/c1-13(2)6-7-15-5-4-8-18(11-15)17(21)16-12-22-10-9-19(16)14(3)20/h13,15-16H,4-12H2,1-3H3/t15-,16-/m0/s1. The van der Waals surface area contributed by atoms with Crippen molar-refractivity contribution >= 4 is 11.8 Å². The van der Waals surface area contributed by atoms with E-state index in [0.717, 1.165) is 19.5 Å². The average molecular weight is 310 g/mol. The third kappa shape index (κ3) is 4.45. The molecule has 2 atom stereocenters. The van der Waals surface area contributed by atoms with Gasteiger partial charge in [-0.1, -0.05) is 20.3 Å². The van der Waals surface area contributed by atoms with Gasteiger partial charge >= 0.3 is 0 Å². The molecule has 0 aliphatic carbocycles. The molecule has 2 aliphatic rings. The van der Waals surface area contributed by atoms with Crippen LogP contribution in [-0.4, -0.2) is 60.5 Å². The van der Waals surface area contributed by atoms with Gasteiger partial charge in [-0.3, -0.25) is 9.59 Å². The maximum atomic E-state index is 12.8. The minimum Gasteiger partial charge on any atom is -0.377 e. The first-order chi connectivity index (χ1) is 10.5. The first-order valence-electron chi connectivity index (χ1n) is 8.62. The normalized spacial score (nSPS) is 26.4. The molecule has 2 saturated heterocycles. The summed E-state index contributed by atoms with van der Waals surface area (Å²) in [4.78, 5) is 28.2. The fourth-order valence-electron chi connectivity index (χ4n) is 3.47. The van der Waals surface area contributed by atoms with Gasteiger partial charge in [-0.05, 0) is 31.1 Å². The van der Waals surface area contributed by atoms with E-state index in [2.05, 4.69) is 13.8 Å². The van der Waals surface area contributed by atoms with Crippen molar-refractivity contribution in [3.05, 3.63) is 0 Å². The molecule has 0 aromatic rings. The lowest BCUT2D eigenvalue weighted by atomic mass is 9.90. The van der Waals surface area contributed by atoms with E-state index in [9.17, 15) is 9.59 Å². The Kier molecular flexibility index (Phi) is 6.24. The summed E-state index contributed by atoms with van der Waals surface area (Å²) in [5, 5.41) is 0. The quantitative estimate of drug-likeness (QED) is 0.797. The summed E-state index contributed by atoms with van der Waals surface area (Å²) in [7, 11) is 0. The van der Waals surface area contributed by atoms with Crippen LogP contribution in [0.3, 0.4) is 0 Å². The van der Waals surface area contributed by atoms with E-state index in [0.29, 0.717) is 31.6 Å². The molecule has 5 nitrogen and oxygen atoms in total. The fraction of sp³-hybridized carbons (Fsp3) is 0.882. The summed E-state index contributed by atoms with van der Waals surface area (Å²) in [6.45, 7) is 9.08. The second kappa shape index (κ2) is 7.95. The lowest BCUT2D eigenvalue weighted by molar-refractivity contribution is -0.154. The van der Waals surface area contributed by atoms with E-state index in [1.807, 2.05) is 4.90 Å². The van der Waals surface area contributed by atoms with Crippen LogP contribution in [0.1, 0.15) is 46.5 Å². The van der Waals surface area contributed by atoms with Crippen molar-refractivity contribution < 1.29 is 14.3 Å². The van der Waals surface area contributed by atoms with E-state index in [1.54, 1.807) is 4.90 Å². The average Bonchev–Trinajstić information content (AvgIpc) is 2.52. The van der Waals surface area contributed by atoms with Gasteiger partial charge in [-0.15, -0.1) is 0 Å². The molecule has 0 aromatic heterocycles. The van der Waals surface area contributed by atoms with E-state index in [1.165, 1.54) is 26.2 Å². The molecule has 0 unspecified atom stereocenters. The Morgan fingerprint density at radius 3 is 2.73 bits per heavy atom. The zero-order chi connectivity index (χ0) is 16.1.